The molecule has 0 aliphatic carbocycles. The minimum atomic E-state index is -0.159. The summed E-state index contributed by atoms with van der Waals surface area (Å²) in [6, 6.07) is 17.9. The van der Waals surface area contributed by atoms with Gasteiger partial charge in [-0.3, -0.25) is 4.79 Å². The fraction of sp³-hybridized carbons (Fsp3) is 0.208. The number of hydrogen-bond acceptors (Lipinski definition) is 3. The number of carbonyl (C=O) groups excluding carboxylic acids is 1. The topological polar surface area (TPSA) is 38.8 Å². The maximum Gasteiger partial charge on any atom is 0.228 e. The van der Waals surface area contributed by atoms with Crippen LogP contribution in [-0.4, -0.2) is 26.7 Å². The highest BCUT2D eigenvalue weighted by molar-refractivity contribution is 6.30. The third kappa shape index (κ3) is 3.45. The number of ether oxygens (including phenoxy) is 2. The normalized spacial score (nSPS) is 15.9. The molecule has 0 N–H and O–H groups in total. The quantitative estimate of drug-likeness (QED) is 0.562. The van der Waals surface area contributed by atoms with Gasteiger partial charge in [-0.15, -0.1) is 0 Å². The van der Waals surface area contributed by atoms with Gasteiger partial charge in [0.1, 0.15) is 11.5 Å². The Balaban J connectivity index is 1.99. The summed E-state index contributed by atoms with van der Waals surface area (Å²) in [5.41, 5.74) is 2.88. The first-order valence-electron chi connectivity index (χ1n) is 9.40. The monoisotopic (exact) mass is 407 g/mol. The van der Waals surface area contributed by atoms with Crippen molar-refractivity contribution in [2.75, 3.05) is 25.7 Å². The number of amides is 1. The second kappa shape index (κ2) is 7.80. The van der Waals surface area contributed by atoms with Gasteiger partial charge in [-0.2, -0.15) is 0 Å². The van der Waals surface area contributed by atoms with E-state index < -0.39 is 0 Å². The first-order chi connectivity index (χ1) is 14.0. The van der Waals surface area contributed by atoms with Crippen LogP contribution in [0.4, 0.5) is 5.69 Å². The predicted octanol–water partition coefficient (Wildman–Crippen LogP) is 5.48. The minimum Gasteiger partial charge on any atom is -0.497 e. The molecule has 0 aromatic heterocycles. The van der Waals surface area contributed by atoms with Crippen LogP contribution < -0.4 is 14.4 Å². The molecule has 0 saturated heterocycles. The van der Waals surface area contributed by atoms with E-state index in [4.69, 9.17) is 21.1 Å². The van der Waals surface area contributed by atoms with E-state index in [0.717, 1.165) is 39.1 Å². The molecule has 4 rings (SSSR count). The number of benzene rings is 3. The number of methoxy groups -OCH3 is 2. The van der Waals surface area contributed by atoms with E-state index in [0.29, 0.717) is 11.5 Å². The first-order valence-corrected chi connectivity index (χ1v) is 9.78. The number of fused-ring (bicyclic) bond motifs is 3. The summed E-state index contributed by atoms with van der Waals surface area (Å²) in [5.74, 6) is 1.31. The molecule has 0 saturated carbocycles. The highest BCUT2D eigenvalue weighted by Gasteiger charge is 2.35. The van der Waals surface area contributed by atoms with Crippen molar-refractivity contribution in [1.82, 2.24) is 0 Å². The molecule has 5 heteroatoms. The molecule has 1 aliphatic rings. The average Bonchev–Trinajstić information content (AvgIpc) is 2.74. The van der Waals surface area contributed by atoms with Crippen molar-refractivity contribution in [1.29, 1.82) is 0 Å². The van der Waals surface area contributed by atoms with Crippen molar-refractivity contribution in [3.8, 4) is 11.5 Å². The van der Waals surface area contributed by atoms with Gasteiger partial charge < -0.3 is 14.4 Å². The number of halogens is 1. The van der Waals surface area contributed by atoms with E-state index in [1.165, 1.54) is 0 Å². The van der Waals surface area contributed by atoms with Crippen molar-refractivity contribution in [3.05, 3.63) is 77.3 Å². The zero-order chi connectivity index (χ0) is 20.5. The number of anilines is 1. The zero-order valence-electron chi connectivity index (χ0n) is 16.4. The van der Waals surface area contributed by atoms with Gasteiger partial charge in [0.2, 0.25) is 5.91 Å². The van der Waals surface area contributed by atoms with Gasteiger partial charge in [-0.05, 0) is 40.6 Å². The maximum absolute atomic E-state index is 13.1. The number of hydrogen-bond donors (Lipinski definition) is 0. The number of rotatable bonds is 5. The lowest BCUT2D eigenvalue weighted by Crippen LogP contribution is -2.38. The van der Waals surface area contributed by atoms with Gasteiger partial charge in [0.05, 0.1) is 20.8 Å². The van der Waals surface area contributed by atoms with Gasteiger partial charge >= 0.3 is 0 Å². The molecule has 4 nitrogen and oxygen atoms in total. The van der Waals surface area contributed by atoms with Gasteiger partial charge in [-0.1, -0.05) is 48.5 Å². The first kappa shape index (κ1) is 19.3. The molecule has 1 unspecified atom stereocenters. The predicted molar refractivity (Wildman–Crippen MR) is 117 cm³/mol. The Kier molecular flexibility index (Phi) is 5.20. The van der Waals surface area contributed by atoms with Crippen LogP contribution in [0.1, 0.15) is 23.5 Å². The summed E-state index contributed by atoms with van der Waals surface area (Å²) in [6.45, 7) is 4.07. The van der Waals surface area contributed by atoms with Crippen molar-refractivity contribution in [3.63, 3.8) is 0 Å². The Morgan fingerprint density at radius 3 is 2.66 bits per heavy atom. The van der Waals surface area contributed by atoms with E-state index in [-0.39, 0.29) is 18.4 Å². The molecule has 148 valence electrons. The Morgan fingerprint density at radius 1 is 1.14 bits per heavy atom. The SMILES string of the molecule is C=C(Cl)CN1C(=O)CC(c2cc(OC)ccc2OC)c2c1ccc1ccccc21. The third-order valence-electron chi connectivity index (χ3n) is 5.41. The van der Waals surface area contributed by atoms with Crippen LogP contribution in [0.15, 0.2) is 66.2 Å². The molecule has 0 radical (unpaired) electrons. The summed E-state index contributed by atoms with van der Waals surface area (Å²) < 4.78 is 11.1. The van der Waals surface area contributed by atoms with Crippen molar-refractivity contribution >= 4 is 34.0 Å². The van der Waals surface area contributed by atoms with Crippen molar-refractivity contribution in [2.24, 2.45) is 0 Å². The molecule has 1 atom stereocenters. The Hall–Kier alpha value is -2.98. The molecule has 0 spiro atoms. The lowest BCUT2D eigenvalue weighted by atomic mass is 9.80. The molecule has 3 aromatic carbocycles. The molecule has 0 fully saturated rings. The lowest BCUT2D eigenvalue weighted by molar-refractivity contribution is -0.119. The minimum absolute atomic E-state index is 0.00412. The van der Waals surface area contributed by atoms with E-state index in [2.05, 4.69) is 18.7 Å². The zero-order valence-corrected chi connectivity index (χ0v) is 17.2. The lowest BCUT2D eigenvalue weighted by Gasteiger charge is -2.35. The summed E-state index contributed by atoms with van der Waals surface area (Å²) in [4.78, 5) is 14.8. The molecule has 0 bridgehead atoms. The number of nitrogens with zero attached hydrogens (tertiary/aromatic N) is 1. The largest absolute Gasteiger partial charge is 0.497 e. The second-order valence-corrected chi connectivity index (χ2v) is 7.62. The Labute approximate surface area is 175 Å². The maximum atomic E-state index is 13.1. The fourth-order valence-electron chi connectivity index (χ4n) is 4.13. The molecule has 3 aromatic rings. The highest BCUT2D eigenvalue weighted by atomic mass is 35.5. The Bertz CT molecular complexity index is 1110. The van der Waals surface area contributed by atoms with Crippen molar-refractivity contribution in [2.45, 2.75) is 12.3 Å². The van der Waals surface area contributed by atoms with Gasteiger partial charge in [0, 0.05) is 28.6 Å². The molecule has 1 heterocycles. The van der Waals surface area contributed by atoms with Crippen LogP contribution in [0.3, 0.4) is 0 Å². The second-order valence-electron chi connectivity index (χ2n) is 7.08. The average molecular weight is 408 g/mol. The standard InChI is InChI=1S/C24H22ClNO3/c1-15(25)14-26-21-10-8-16-6-4-5-7-18(16)24(21)20(13-23(26)27)19-12-17(28-2)9-11-22(19)29-3/h4-12,20H,1,13-14H2,2-3H3. The number of carbonyl (C=O) groups is 1. The highest BCUT2D eigenvalue weighted by Crippen LogP contribution is 2.47. The molecule has 1 aliphatic heterocycles. The summed E-state index contributed by atoms with van der Waals surface area (Å²) in [6.07, 6.45) is 0.314. The van der Waals surface area contributed by atoms with Crippen LogP contribution in [0.2, 0.25) is 0 Å². The van der Waals surface area contributed by atoms with Crippen LogP contribution in [0.5, 0.6) is 11.5 Å². The molecule has 29 heavy (non-hydrogen) atoms. The Morgan fingerprint density at radius 2 is 1.93 bits per heavy atom. The third-order valence-corrected chi connectivity index (χ3v) is 5.53. The molecular weight excluding hydrogens is 386 g/mol. The van der Waals surface area contributed by atoms with E-state index >= 15 is 0 Å². The summed E-state index contributed by atoms with van der Waals surface area (Å²) in [7, 11) is 3.28. The summed E-state index contributed by atoms with van der Waals surface area (Å²) >= 11 is 6.08. The van der Waals surface area contributed by atoms with Crippen LogP contribution >= 0.6 is 11.6 Å². The van der Waals surface area contributed by atoms with Gasteiger partial charge in [-0.25, -0.2) is 0 Å². The summed E-state index contributed by atoms with van der Waals surface area (Å²) in [5, 5.41) is 2.66. The van der Waals surface area contributed by atoms with E-state index in [9.17, 15) is 4.79 Å². The van der Waals surface area contributed by atoms with E-state index in [1.807, 2.05) is 42.5 Å². The van der Waals surface area contributed by atoms with Crippen LogP contribution in [0, 0.1) is 0 Å². The van der Waals surface area contributed by atoms with Crippen molar-refractivity contribution < 1.29 is 14.3 Å². The fourth-order valence-corrected chi connectivity index (χ4v) is 4.25. The van der Waals surface area contributed by atoms with E-state index in [1.54, 1.807) is 19.1 Å². The van der Waals surface area contributed by atoms with Gasteiger partial charge in [0.15, 0.2) is 0 Å². The van der Waals surface area contributed by atoms with Crippen LogP contribution in [-0.2, 0) is 4.79 Å². The van der Waals surface area contributed by atoms with Gasteiger partial charge in [0.25, 0.3) is 0 Å². The molecular formula is C24H22ClNO3. The van der Waals surface area contributed by atoms with Crippen LogP contribution in [0.25, 0.3) is 10.8 Å². The molecule has 1 amide bonds. The smallest absolute Gasteiger partial charge is 0.228 e.